The number of nitrogens with zero attached hydrogens (tertiary/aromatic N) is 1. The smallest absolute Gasteiger partial charge is 0.317 e. The van der Waals surface area contributed by atoms with Gasteiger partial charge < -0.3 is 4.74 Å². The molecule has 2 rings (SSSR count). The minimum Gasteiger partial charge on any atom is -0.468 e. The van der Waals surface area contributed by atoms with E-state index in [1.807, 2.05) is 6.07 Å². The summed E-state index contributed by atoms with van der Waals surface area (Å²) in [5.74, 6) is -0.172. The van der Waals surface area contributed by atoms with E-state index in [9.17, 15) is 4.79 Å². The standard InChI is InChI=1S/C8H10N2O2/c1-12-7(11)8(3-4-8)6-2-5-9-10-6/h2,5H,3-4H2,1H3,(H,9,10). The highest BCUT2D eigenvalue weighted by molar-refractivity contribution is 5.85. The molecule has 0 amide bonds. The molecule has 0 atom stereocenters. The van der Waals surface area contributed by atoms with E-state index in [-0.39, 0.29) is 5.97 Å². The van der Waals surface area contributed by atoms with Crippen molar-refractivity contribution in [1.29, 1.82) is 0 Å². The number of aromatic nitrogens is 2. The topological polar surface area (TPSA) is 55.0 Å². The Morgan fingerprint density at radius 2 is 2.50 bits per heavy atom. The lowest BCUT2D eigenvalue weighted by atomic mass is 10.0. The maximum Gasteiger partial charge on any atom is 0.317 e. The van der Waals surface area contributed by atoms with Gasteiger partial charge in [-0.05, 0) is 18.9 Å². The third-order valence-electron chi connectivity index (χ3n) is 2.32. The van der Waals surface area contributed by atoms with Gasteiger partial charge in [0.15, 0.2) is 0 Å². The summed E-state index contributed by atoms with van der Waals surface area (Å²) in [5, 5.41) is 6.69. The van der Waals surface area contributed by atoms with Crippen LogP contribution in [0.5, 0.6) is 0 Å². The average Bonchev–Trinajstić information content (AvgIpc) is 2.73. The molecular formula is C8H10N2O2. The van der Waals surface area contributed by atoms with Crippen LogP contribution in [0.25, 0.3) is 0 Å². The molecule has 0 spiro atoms. The first-order valence-corrected chi connectivity index (χ1v) is 3.88. The van der Waals surface area contributed by atoms with Crippen molar-refractivity contribution in [3.05, 3.63) is 18.0 Å². The maximum atomic E-state index is 11.3. The van der Waals surface area contributed by atoms with Gasteiger partial charge in [-0.1, -0.05) is 0 Å². The second kappa shape index (κ2) is 2.33. The van der Waals surface area contributed by atoms with E-state index in [0.29, 0.717) is 0 Å². The quantitative estimate of drug-likeness (QED) is 0.655. The fourth-order valence-corrected chi connectivity index (χ4v) is 1.41. The Bertz CT molecular complexity index is 288. The van der Waals surface area contributed by atoms with Crippen LogP contribution in [-0.4, -0.2) is 23.3 Å². The summed E-state index contributed by atoms with van der Waals surface area (Å²) in [6.45, 7) is 0. The summed E-state index contributed by atoms with van der Waals surface area (Å²) in [4.78, 5) is 11.3. The summed E-state index contributed by atoms with van der Waals surface area (Å²) in [6, 6.07) is 1.82. The summed E-state index contributed by atoms with van der Waals surface area (Å²) in [5.41, 5.74) is 0.378. The number of hydrogen-bond acceptors (Lipinski definition) is 3. The van der Waals surface area contributed by atoms with Crippen molar-refractivity contribution in [1.82, 2.24) is 10.2 Å². The molecule has 0 radical (unpaired) electrons. The van der Waals surface area contributed by atoms with Gasteiger partial charge in [0.05, 0.1) is 12.8 Å². The Balaban J connectivity index is 2.28. The predicted molar refractivity (Wildman–Crippen MR) is 41.5 cm³/mol. The van der Waals surface area contributed by atoms with Gasteiger partial charge in [-0.2, -0.15) is 5.10 Å². The van der Waals surface area contributed by atoms with Crippen molar-refractivity contribution >= 4 is 5.97 Å². The number of rotatable bonds is 2. The van der Waals surface area contributed by atoms with E-state index in [1.165, 1.54) is 7.11 Å². The fourth-order valence-electron chi connectivity index (χ4n) is 1.41. The van der Waals surface area contributed by atoms with Crippen LogP contribution in [0.4, 0.5) is 0 Å². The molecule has 1 N–H and O–H groups in total. The molecule has 1 heterocycles. The van der Waals surface area contributed by atoms with Gasteiger partial charge in [-0.15, -0.1) is 0 Å². The number of carbonyl (C=O) groups is 1. The number of H-pyrrole nitrogens is 1. The van der Waals surface area contributed by atoms with E-state index in [4.69, 9.17) is 4.74 Å². The van der Waals surface area contributed by atoms with E-state index < -0.39 is 5.41 Å². The number of nitrogens with one attached hydrogen (secondary N) is 1. The Labute approximate surface area is 69.9 Å². The van der Waals surface area contributed by atoms with E-state index >= 15 is 0 Å². The van der Waals surface area contributed by atoms with Crippen LogP contribution in [0.3, 0.4) is 0 Å². The maximum absolute atomic E-state index is 11.3. The molecule has 0 saturated heterocycles. The molecular weight excluding hydrogens is 156 g/mol. The van der Waals surface area contributed by atoms with Gasteiger partial charge >= 0.3 is 5.97 Å². The highest BCUT2D eigenvalue weighted by atomic mass is 16.5. The van der Waals surface area contributed by atoms with E-state index in [0.717, 1.165) is 18.5 Å². The number of carbonyl (C=O) groups excluding carboxylic acids is 1. The summed E-state index contributed by atoms with van der Waals surface area (Å²) >= 11 is 0. The molecule has 12 heavy (non-hydrogen) atoms. The fraction of sp³-hybridized carbons (Fsp3) is 0.500. The van der Waals surface area contributed by atoms with Crippen molar-refractivity contribution in [3.63, 3.8) is 0 Å². The van der Waals surface area contributed by atoms with Crippen LogP contribution < -0.4 is 0 Å². The van der Waals surface area contributed by atoms with Gasteiger partial charge in [0.25, 0.3) is 0 Å². The number of hydrogen-bond donors (Lipinski definition) is 1. The summed E-state index contributed by atoms with van der Waals surface area (Å²) in [7, 11) is 1.41. The van der Waals surface area contributed by atoms with Gasteiger partial charge in [0.1, 0.15) is 5.41 Å². The zero-order valence-electron chi connectivity index (χ0n) is 6.83. The minimum absolute atomic E-state index is 0.172. The number of aromatic amines is 1. The van der Waals surface area contributed by atoms with E-state index in [2.05, 4.69) is 10.2 Å². The molecule has 1 aliphatic carbocycles. The molecule has 1 fully saturated rings. The largest absolute Gasteiger partial charge is 0.468 e. The lowest BCUT2D eigenvalue weighted by molar-refractivity contribution is -0.143. The van der Waals surface area contributed by atoms with Gasteiger partial charge in [0.2, 0.25) is 0 Å². The van der Waals surface area contributed by atoms with Crippen molar-refractivity contribution in [2.75, 3.05) is 7.11 Å². The molecule has 1 aromatic heterocycles. The van der Waals surface area contributed by atoms with Crippen molar-refractivity contribution in [2.24, 2.45) is 0 Å². The summed E-state index contributed by atoms with van der Waals surface area (Å²) in [6.07, 6.45) is 3.42. The molecule has 64 valence electrons. The molecule has 4 nitrogen and oxygen atoms in total. The van der Waals surface area contributed by atoms with Crippen LogP contribution in [0.2, 0.25) is 0 Å². The average molecular weight is 166 g/mol. The Kier molecular flexibility index (Phi) is 1.43. The van der Waals surface area contributed by atoms with Crippen LogP contribution in [0, 0.1) is 0 Å². The normalized spacial score (nSPS) is 18.8. The highest BCUT2D eigenvalue weighted by Crippen LogP contribution is 2.48. The van der Waals surface area contributed by atoms with Crippen LogP contribution in [0.1, 0.15) is 18.5 Å². The molecule has 0 aromatic carbocycles. The highest BCUT2D eigenvalue weighted by Gasteiger charge is 2.54. The van der Waals surface area contributed by atoms with Crippen molar-refractivity contribution in [3.8, 4) is 0 Å². The SMILES string of the molecule is COC(=O)C1(c2cc[nH]n2)CC1. The Hall–Kier alpha value is -1.32. The summed E-state index contributed by atoms with van der Waals surface area (Å²) < 4.78 is 4.71. The van der Waals surface area contributed by atoms with E-state index in [1.54, 1.807) is 6.20 Å². The first-order valence-electron chi connectivity index (χ1n) is 3.88. The number of esters is 1. The Morgan fingerprint density at radius 3 is 2.92 bits per heavy atom. The third kappa shape index (κ3) is 0.841. The zero-order valence-corrected chi connectivity index (χ0v) is 6.83. The molecule has 0 aliphatic heterocycles. The molecule has 0 unspecified atom stereocenters. The molecule has 1 aromatic rings. The molecule has 4 heteroatoms. The molecule has 0 bridgehead atoms. The first kappa shape index (κ1) is 7.34. The van der Waals surface area contributed by atoms with Crippen LogP contribution in [-0.2, 0) is 14.9 Å². The van der Waals surface area contributed by atoms with Crippen molar-refractivity contribution in [2.45, 2.75) is 18.3 Å². The van der Waals surface area contributed by atoms with Gasteiger partial charge in [-0.3, -0.25) is 9.89 Å². The number of ether oxygens (including phenoxy) is 1. The zero-order chi connectivity index (χ0) is 8.60. The minimum atomic E-state index is -0.422. The lowest BCUT2D eigenvalue weighted by Crippen LogP contribution is -2.22. The lowest BCUT2D eigenvalue weighted by Gasteiger charge is -2.07. The second-order valence-electron chi connectivity index (χ2n) is 3.03. The second-order valence-corrected chi connectivity index (χ2v) is 3.03. The Morgan fingerprint density at radius 1 is 1.75 bits per heavy atom. The predicted octanol–water partition coefficient (Wildman–Crippen LogP) is 0.614. The first-order chi connectivity index (χ1) is 5.79. The van der Waals surface area contributed by atoms with Gasteiger partial charge in [0, 0.05) is 6.20 Å². The van der Waals surface area contributed by atoms with Crippen LogP contribution in [0.15, 0.2) is 12.3 Å². The van der Waals surface area contributed by atoms with Gasteiger partial charge in [-0.25, -0.2) is 0 Å². The van der Waals surface area contributed by atoms with Crippen LogP contribution >= 0.6 is 0 Å². The monoisotopic (exact) mass is 166 g/mol. The molecule has 1 aliphatic rings. The molecule has 1 saturated carbocycles. The van der Waals surface area contributed by atoms with Crippen molar-refractivity contribution < 1.29 is 9.53 Å². The third-order valence-corrected chi connectivity index (χ3v) is 2.32. The number of methoxy groups -OCH3 is 1.